The Kier molecular flexibility index (Phi) is 5.21. The Bertz CT molecular complexity index is 1060. The van der Waals surface area contributed by atoms with Gasteiger partial charge in [0.1, 0.15) is 21.9 Å². The van der Waals surface area contributed by atoms with Crippen molar-refractivity contribution in [3.63, 3.8) is 0 Å². The average Bonchev–Trinajstić information content (AvgIpc) is 3.38. The highest BCUT2D eigenvalue weighted by Gasteiger charge is 2.41. The molecule has 1 aliphatic rings. The maximum Gasteiger partial charge on any atom is 0.324 e. The summed E-state index contributed by atoms with van der Waals surface area (Å²) < 4.78 is 33.8. The summed E-state index contributed by atoms with van der Waals surface area (Å²) in [7, 11) is -3.76. The average molecular weight is 443 g/mol. The molecule has 3 aromatic rings. The summed E-state index contributed by atoms with van der Waals surface area (Å²) in [4.78, 5) is 17.0. The number of rotatable bonds is 5. The minimum absolute atomic E-state index is 0.0351. The monoisotopic (exact) mass is 442 g/mol. The van der Waals surface area contributed by atoms with Crippen molar-refractivity contribution in [2.45, 2.75) is 29.7 Å². The highest BCUT2D eigenvalue weighted by Crippen LogP contribution is 2.32. The summed E-state index contributed by atoms with van der Waals surface area (Å²) in [6, 6.07) is 9.86. The van der Waals surface area contributed by atoms with Crippen LogP contribution in [0.4, 0.5) is 0 Å². The highest BCUT2D eigenvalue weighted by molar-refractivity contribution is 7.91. The number of thiophene rings is 1. The Hall–Kier alpha value is -1.52. The number of aromatic nitrogens is 1. The Labute approximate surface area is 169 Å². The van der Waals surface area contributed by atoms with Crippen molar-refractivity contribution in [1.29, 1.82) is 0 Å². The van der Waals surface area contributed by atoms with E-state index in [0.29, 0.717) is 28.7 Å². The van der Waals surface area contributed by atoms with Gasteiger partial charge >= 0.3 is 5.97 Å². The lowest BCUT2D eigenvalue weighted by atomic mass is 10.2. The zero-order chi connectivity index (χ0) is 19.0. The van der Waals surface area contributed by atoms with Gasteiger partial charge in [-0.25, -0.2) is 13.4 Å². The van der Waals surface area contributed by atoms with Crippen molar-refractivity contribution in [3.05, 3.63) is 45.7 Å². The van der Waals surface area contributed by atoms with E-state index in [1.165, 1.54) is 27.8 Å². The first-order valence-corrected chi connectivity index (χ1v) is 11.7. The van der Waals surface area contributed by atoms with E-state index in [4.69, 9.17) is 16.3 Å². The molecule has 2 aromatic heterocycles. The number of carbonyl (C=O) groups is 1. The lowest BCUT2D eigenvalue weighted by Crippen LogP contribution is -2.41. The number of benzene rings is 1. The third-order valence-corrected chi connectivity index (χ3v) is 8.88. The zero-order valence-corrected chi connectivity index (χ0v) is 17.2. The van der Waals surface area contributed by atoms with Gasteiger partial charge in [-0.2, -0.15) is 4.31 Å². The maximum atomic E-state index is 12.8. The van der Waals surface area contributed by atoms with Crippen LogP contribution >= 0.6 is 34.3 Å². The van der Waals surface area contributed by atoms with Gasteiger partial charge in [-0.1, -0.05) is 23.7 Å². The molecule has 1 saturated heterocycles. The number of fused-ring (bicyclic) bond motifs is 1. The fourth-order valence-corrected chi connectivity index (χ4v) is 7.17. The van der Waals surface area contributed by atoms with E-state index in [-0.39, 0.29) is 10.8 Å². The van der Waals surface area contributed by atoms with Crippen LogP contribution in [0.1, 0.15) is 17.8 Å². The third kappa shape index (κ3) is 3.74. The number of hydrogen-bond acceptors (Lipinski definition) is 7. The molecular weight excluding hydrogens is 428 g/mol. The summed E-state index contributed by atoms with van der Waals surface area (Å²) >= 11 is 8.30. The number of hydrogen-bond donors (Lipinski definition) is 0. The molecule has 142 valence electrons. The molecule has 0 radical (unpaired) electrons. The van der Waals surface area contributed by atoms with E-state index < -0.39 is 22.0 Å². The first-order valence-electron chi connectivity index (χ1n) is 8.23. The second-order valence-electron chi connectivity index (χ2n) is 6.02. The SMILES string of the molecule is O=C(OCc1nc2ccccc2s1)[C@@H]1CCCN1S(=O)(=O)c1ccc(Cl)s1. The number of nitrogens with zero attached hydrogens (tertiary/aromatic N) is 2. The second-order valence-corrected chi connectivity index (χ2v) is 11.0. The zero-order valence-electron chi connectivity index (χ0n) is 14.0. The number of halogens is 1. The molecule has 0 N–H and O–H groups in total. The molecule has 0 saturated carbocycles. The van der Waals surface area contributed by atoms with Crippen molar-refractivity contribution in [1.82, 2.24) is 9.29 Å². The standard InChI is InChI=1S/C17H15ClN2O4S3/c18-14-7-8-16(26-14)27(22,23)20-9-3-5-12(20)17(21)24-10-15-19-11-4-1-2-6-13(11)25-15/h1-2,4,6-8,12H,3,5,9-10H2/t12-/m0/s1. The van der Waals surface area contributed by atoms with E-state index in [2.05, 4.69) is 4.98 Å². The van der Waals surface area contributed by atoms with Crippen LogP contribution in [0.2, 0.25) is 4.34 Å². The van der Waals surface area contributed by atoms with Crippen LogP contribution in [0.25, 0.3) is 10.2 Å². The molecule has 1 fully saturated rings. The van der Waals surface area contributed by atoms with Gasteiger partial charge in [0.05, 0.1) is 14.6 Å². The van der Waals surface area contributed by atoms with Crippen LogP contribution in [-0.2, 0) is 26.2 Å². The fraction of sp³-hybridized carbons (Fsp3) is 0.294. The molecule has 0 unspecified atom stereocenters. The minimum atomic E-state index is -3.76. The number of carbonyl (C=O) groups excluding carboxylic acids is 1. The van der Waals surface area contributed by atoms with Gasteiger partial charge in [-0.15, -0.1) is 22.7 Å². The second kappa shape index (κ2) is 7.48. The van der Waals surface area contributed by atoms with Crippen LogP contribution in [0.3, 0.4) is 0 Å². The molecule has 4 rings (SSSR count). The van der Waals surface area contributed by atoms with E-state index >= 15 is 0 Å². The van der Waals surface area contributed by atoms with Crippen molar-refractivity contribution in [2.75, 3.05) is 6.54 Å². The molecule has 1 aromatic carbocycles. The highest BCUT2D eigenvalue weighted by atomic mass is 35.5. The summed E-state index contributed by atoms with van der Waals surface area (Å²) in [5, 5.41) is 0.682. The molecule has 1 atom stereocenters. The van der Waals surface area contributed by atoms with Crippen LogP contribution in [0.5, 0.6) is 0 Å². The summed E-state index contributed by atoms with van der Waals surface area (Å²) in [5.41, 5.74) is 0.855. The quantitative estimate of drug-likeness (QED) is 0.560. The van der Waals surface area contributed by atoms with Gasteiger partial charge in [0.15, 0.2) is 0 Å². The van der Waals surface area contributed by atoms with Crippen LogP contribution in [-0.4, -0.2) is 36.3 Å². The maximum absolute atomic E-state index is 12.8. The molecule has 6 nitrogen and oxygen atoms in total. The van der Waals surface area contributed by atoms with E-state index in [0.717, 1.165) is 21.6 Å². The fourth-order valence-electron chi connectivity index (χ4n) is 3.03. The molecule has 10 heteroatoms. The number of thiazole rings is 1. The van der Waals surface area contributed by atoms with Gasteiger partial charge < -0.3 is 4.74 Å². The van der Waals surface area contributed by atoms with Gasteiger partial charge in [-0.05, 0) is 37.1 Å². The van der Waals surface area contributed by atoms with Gasteiger partial charge in [0.25, 0.3) is 10.0 Å². The Morgan fingerprint density at radius 1 is 1.26 bits per heavy atom. The molecular formula is C17H15ClN2O4S3. The van der Waals surface area contributed by atoms with Gasteiger partial charge in [-0.3, -0.25) is 4.79 Å². The molecule has 3 heterocycles. The molecule has 0 aliphatic carbocycles. The van der Waals surface area contributed by atoms with Crippen LogP contribution in [0, 0.1) is 0 Å². The summed E-state index contributed by atoms with van der Waals surface area (Å²) in [6.45, 7) is 0.326. The number of para-hydroxylation sites is 1. The topological polar surface area (TPSA) is 76.6 Å². The van der Waals surface area contributed by atoms with Gasteiger partial charge in [0.2, 0.25) is 0 Å². The Morgan fingerprint density at radius 2 is 2.07 bits per heavy atom. The minimum Gasteiger partial charge on any atom is -0.457 e. The predicted molar refractivity (Wildman–Crippen MR) is 106 cm³/mol. The first-order chi connectivity index (χ1) is 12.9. The lowest BCUT2D eigenvalue weighted by Gasteiger charge is -2.21. The first kappa shape index (κ1) is 18.8. The van der Waals surface area contributed by atoms with Crippen molar-refractivity contribution in [3.8, 4) is 0 Å². The van der Waals surface area contributed by atoms with Crippen LogP contribution < -0.4 is 0 Å². The number of esters is 1. The van der Waals surface area contributed by atoms with E-state index in [9.17, 15) is 13.2 Å². The summed E-state index contributed by atoms with van der Waals surface area (Å²) in [5.74, 6) is -0.544. The molecule has 0 bridgehead atoms. The number of sulfonamides is 1. The van der Waals surface area contributed by atoms with Crippen molar-refractivity contribution < 1.29 is 17.9 Å². The predicted octanol–water partition coefficient (Wildman–Crippen LogP) is 3.91. The molecule has 0 amide bonds. The van der Waals surface area contributed by atoms with E-state index in [1.54, 1.807) is 0 Å². The molecule has 27 heavy (non-hydrogen) atoms. The Morgan fingerprint density at radius 3 is 2.81 bits per heavy atom. The normalized spacial score (nSPS) is 18.2. The smallest absolute Gasteiger partial charge is 0.324 e. The number of ether oxygens (including phenoxy) is 1. The molecule has 0 spiro atoms. The van der Waals surface area contributed by atoms with Crippen LogP contribution in [0.15, 0.2) is 40.6 Å². The van der Waals surface area contributed by atoms with Gasteiger partial charge in [0, 0.05) is 6.54 Å². The summed E-state index contributed by atoms with van der Waals surface area (Å²) in [6.07, 6.45) is 1.05. The third-order valence-electron chi connectivity index (χ3n) is 4.26. The largest absolute Gasteiger partial charge is 0.457 e. The molecule has 1 aliphatic heterocycles. The Balaban J connectivity index is 1.47. The lowest BCUT2D eigenvalue weighted by molar-refractivity contribution is -0.148. The van der Waals surface area contributed by atoms with E-state index in [1.807, 2.05) is 24.3 Å². The van der Waals surface area contributed by atoms with Crippen molar-refractivity contribution >= 4 is 60.5 Å². The van der Waals surface area contributed by atoms with Crippen molar-refractivity contribution in [2.24, 2.45) is 0 Å².